The van der Waals surface area contributed by atoms with E-state index in [1.165, 1.54) is 12.1 Å². The Morgan fingerprint density at radius 1 is 1.10 bits per heavy atom. The number of alkyl halides is 3. The molecule has 0 amide bonds. The van der Waals surface area contributed by atoms with Gasteiger partial charge in [0.1, 0.15) is 16.8 Å². The van der Waals surface area contributed by atoms with Crippen molar-refractivity contribution in [3.8, 4) is 11.3 Å². The van der Waals surface area contributed by atoms with Crippen LogP contribution in [0, 0.1) is 5.82 Å². The molecule has 1 heterocycles. The van der Waals surface area contributed by atoms with E-state index in [0.717, 1.165) is 18.9 Å². The van der Waals surface area contributed by atoms with E-state index in [-0.39, 0.29) is 16.6 Å². The third-order valence-electron chi connectivity index (χ3n) is 3.22. The number of rotatable bonds is 2. The van der Waals surface area contributed by atoms with Crippen molar-refractivity contribution in [3.63, 3.8) is 0 Å². The van der Waals surface area contributed by atoms with Gasteiger partial charge in [0, 0.05) is 17.5 Å². The molecule has 2 nitrogen and oxygen atoms in total. The second-order valence-corrected chi connectivity index (χ2v) is 5.29. The van der Waals surface area contributed by atoms with E-state index in [9.17, 15) is 17.6 Å². The maximum Gasteiger partial charge on any atom is 0.419 e. The summed E-state index contributed by atoms with van der Waals surface area (Å²) in [6.45, 7) is 0. The van der Waals surface area contributed by atoms with E-state index >= 15 is 0 Å². The van der Waals surface area contributed by atoms with Crippen molar-refractivity contribution >= 4 is 11.6 Å². The highest BCUT2D eigenvalue weighted by atomic mass is 35.5. The van der Waals surface area contributed by atoms with Crippen LogP contribution in [0.5, 0.6) is 0 Å². The minimum absolute atomic E-state index is 0.196. The lowest BCUT2D eigenvalue weighted by Crippen LogP contribution is -2.08. The summed E-state index contributed by atoms with van der Waals surface area (Å²) in [7, 11) is 0. The van der Waals surface area contributed by atoms with Crippen molar-refractivity contribution in [1.29, 1.82) is 0 Å². The Bertz CT molecular complexity index is 696. The Morgan fingerprint density at radius 3 is 2.38 bits per heavy atom. The number of nitrogens with zero attached hydrogens (tertiary/aromatic N) is 2. The first-order valence-corrected chi connectivity index (χ1v) is 6.64. The number of hydrogen-bond acceptors (Lipinski definition) is 2. The maximum absolute atomic E-state index is 13.6. The summed E-state index contributed by atoms with van der Waals surface area (Å²) in [5, 5.41) is 0.196. The van der Waals surface area contributed by atoms with Crippen molar-refractivity contribution in [2.45, 2.75) is 24.9 Å². The normalized spacial score (nSPS) is 15.3. The second kappa shape index (κ2) is 4.94. The summed E-state index contributed by atoms with van der Waals surface area (Å²) < 4.78 is 51.2. The fraction of sp³-hybridized carbons (Fsp3) is 0.286. The highest BCUT2D eigenvalue weighted by Crippen LogP contribution is 2.39. The Labute approximate surface area is 122 Å². The van der Waals surface area contributed by atoms with Gasteiger partial charge in [-0.1, -0.05) is 17.7 Å². The minimum atomic E-state index is -4.72. The maximum atomic E-state index is 13.6. The van der Waals surface area contributed by atoms with Crippen LogP contribution in [0.3, 0.4) is 0 Å². The molecular formula is C14H9ClF4N2. The molecule has 1 aliphatic carbocycles. The van der Waals surface area contributed by atoms with Crippen LogP contribution in [-0.4, -0.2) is 9.97 Å². The van der Waals surface area contributed by atoms with E-state index in [0.29, 0.717) is 17.6 Å². The highest BCUT2D eigenvalue weighted by Gasteiger charge is 2.34. The van der Waals surface area contributed by atoms with Crippen LogP contribution in [0.1, 0.15) is 30.1 Å². The molecule has 110 valence electrons. The topological polar surface area (TPSA) is 25.8 Å². The summed E-state index contributed by atoms with van der Waals surface area (Å²) in [4.78, 5) is 8.34. The van der Waals surface area contributed by atoms with Crippen molar-refractivity contribution in [2.75, 3.05) is 0 Å². The molecule has 0 bridgehead atoms. The van der Waals surface area contributed by atoms with E-state index < -0.39 is 17.6 Å². The van der Waals surface area contributed by atoms with Gasteiger partial charge in [0.15, 0.2) is 0 Å². The molecular weight excluding hydrogens is 308 g/mol. The Balaban J connectivity index is 2.03. The summed E-state index contributed by atoms with van der Waals surface area (Å²) in [5.74, 6) is -0.540. The van der Waals surface area contributed by atoms with Gasteiger partial charge in [-0.2, -0.15) is 13.2 Å². The molecule has 0 atom stereocenters. The molecule has 1 aromatic carbocycles. The predicted octanol–water partition coefficient (Wildman–Crippen LogP) is 4.83. The molecule has 1 aromatic heterocycles. The summed E-state index contributed by atoms with van der Waals surface area (Å²) in [5.41, 5.74) is -0.731. The highest BCUT2D eigenvalue weighted by molar-refractivity contribution is 6.29. The first kappa shape index (κ1) is 14.3. The zero-order valence-corrected chi connectivity index (χ0v) is 11.3. The average Bonchev–Trinajstić information content (AvgIpc) is 3.20. The number of benzene rings is 1. The van der Waals surface area contributed by atoms with Gasteiger partial charge in [0.05, 0.1) is 11.3 Å². The van der Waals surface area contributed by atoms with Crippen LogP contribution in [0.4, 0.5) is 17.6 Å². The number of hydrogen-bond donors (Lipinski definition) is 0. The summed E-state index contributed by atoms with van der Waals surface area (Å²) in [6.07, 6.45) is -2.80. The standard InChI is InChI=1S/C14H9ClF4N2/c15-12-6-11(20-13(21-12)7-1-2-7)8-3-4-9(10(16)5-8)14(17,18)19/h3-7H,1-2H2. The molecule has 2 aromatic rings. The molecule has 0 saturated heterocycles. The third-order valence-corrected chi connectivity index (χ3v) is 3.42. The van der Waals surface area contributed by atoms with Gasteiger partial charge in [-0.15, -0.1) is 0 Å². The molecule has 0 radical (unpaired) electrons. The lowest BCUT2D eigenvalue weighted by Gasteiger charge is -2.10. The van der Waals surface area contributed by atoms with Crippen LogP contribution in [0.2, 0.25) is 5.15 Å². The Morgan fingerprint density at radius 2 is 1.81 bits per heavy atom. The van der Waals surface area contributed by atoms with Crippen LogP contribution < -0.4 is 0 Å². The van der Waals surface area contributed by atoms with Gasteiger partial charge in [0.25, 0.3) is 0 Å². The second-order valence-electron chi connectivity index (χ2n) is 4.90. The van der Waals surface area contributed by atoms with Crippen molar-refractivity contribution in [3.05, 3.63) is 46.6 Å². The zero-order valence-electron chi connectivity index (χ0n) is 10.6. The fourth-order valence-electron chi connectivity index (χ4n) is 2.01. The molecule has 0 aliphatic heterocycles. The molecule has 1 fully saturated rings. The minimum Gasteiger partial charge on any atom is -0.232 e. The lowest BCUT2D eigenvalue weighted by molar-refractivity contribution is -0.139. The van der Waals surface area contributed by atoms with Crippen LogP contribution >= 0.6 is 11.6 Å². The van der Waals surface area contributed by atoms with Crippen LogP contribution in [0.25, 0.3) is 11.3 Å². The molecule has 0 unspecified atom stereocenters. The predicted molar refractivity (Wildman–Crippen MR) is 69.4 cm³/mol. The quantitative estimate of drug-likeness (QED) is 0.585. The summed E-state index contributed by atoms with van der Waals surface area (Å²) in [6, 6.07) is 4.12. The lowest BCUT2D eigenvalue weighted by atomic mass is 10.1. The zero-order chi connectivity index (χ0) is 15.2. The molecule has 1 saturated carbocycles. The fourth-order valence-corrected chi connectivity index (χ4v) is 2.20. The van der Waals surface area contributed by atoms with Gasteiger partial charge in [-0.3, -0.25) is 0 Å². The van der Waals surface area contributed by atoms with E-state index in [4.69, 9.17) is 11.6 Å². The van der Waals surface area contributed by atoms with E-state index in [1.54, 1.807) is 0 Å². The first-order chi connectivity index (χ1) is 9.84. The van der Waals surface area contributed by atoms with Gasteiger partial charge < -0.3 is 0 Å². The monoisotopic (exact) mass is 316 g/mol. The van der Waals surface area contributed by atoms with Gasteiger partial charge in [0.2, 0.25) is 0 Å². The Hall–Kier alpha value is -1.69. The third kappa shape index (κ3) is 3.00. The number of aromatic nitrogens is 2. The molecule has 0 spiro atoms. The summed E-state index contributed by atoms with van der Waals surface area (Å²) >= 11 is 5.89. The first-order valence-electron chi connectivity index (χ1n) is 6.26. The van der Waals surface area contributed by atoms with Crippen LogP contribution in [0.15, 0.2) is 24.3 Å². The molecule has 21 heavy (non-hydrogen) atoms. The molecule has 3 rings (SSSR count). The number of halogens is 5. The van der Waals surface area contributed by atoms with Gasteiger partial charge >= 0.3 is 6.18 Å². The van der Waals surface area contributed by atoms with Crippen molar-refractivity contribution < 1.29 is 17.6 Å². The smallest absolute Gasteiger partial charge is 0.232 e. The molecule has 0 N–H and O–H groups in total. The van der Waals surface area contributed by atoms with Crippen molar-refractivity contribution in [1.82, 2.24) is 9.97 Å². The molecule has 1 aliphatic rings. The SMILES string of the molecule is Fc1cc(-c2cc(Cl)nc(C3CC3)n2)ccc1C(F)(F)F. The van der Waals surface area contributed by atoms with Gasteiger partial charge in [-0.05, 0) is 25.0 Å². The van der Waals surface area contributed by atoms with Crippen LogP contribution in [-0.2, 0) is 6.18 Å². The molecule has 7 heteroatoms. The largest absolute Gasteiger partial charge is 0.419 e. The Kier molecular flexibility index (Phi) is 3.36. The van der Waals surface area contributed by atoms with E-state index in [1.807, 2.05) is 0 Å². The van der Waals surface area contributed by atoms with Gasteiger partial charge in [-0.25, -0.2) is 14.4 Å². The average molecular weight is 317 g/mol. The van der Waals surface area contributed by atoms with E-state index in [2.05, 4.69) is 9.97 Å². The van der Waals surface area contributed by atoms with Crippen molar-refractivity contribution in [2.24, 2.45) is 0 Å².